The number of anilines is 2. The van der Waals surface area contributed by atoms with E-state index in [0.29, 0.717) is 22.8 Å². The summed E-state index contributed by atoms with van der Waals surface area (Å²) < 4.78 is 5.22. The number of nitriles is 1. The summed E-state index contributed by atoms with van der Waals surface area (Å²) in [5, 5.41) is 12.6. The molecule has 1 atom stereocenters. The molecular formula is C27H23N3O3S. The van der Waals surface area contributed by atoms with Crippen LogP contribution in [0.25, 0.3) is 0 Å². The predicted molar refractivity (Wildman–Crippen MR) is 134 cm³/mol. The Morgan fingerprint density at radius 2 is 1.74 bits per heavy atom. The van der Waals surface area contributed by atoms with Crippen molar-refractivity contribution in [1.82, 2.24) is 0 Å². The zero-order chi connectivity index (χ0) is 24.1. The molecule has 7 heteroatoms. The first kappa shape index (κ1) is 23.1. The summed E-state index contributed by atoms with van der Waals surface area (Å²) in [5.41, 5.74) is 2.98. The number of amides is 2. The third-order valence-electron chi connectivity index (χ3n) is 5.47. The summed E-state index contributed by atoms with van der Waals surface area (Å²) in [6.07, 6.45) is 0.457. The summed E-state index contributed by atoms with van der Waals surface area (Å²) in [7, 11) is 1.60. The van der Waals surface area contributed by atoms with Gasteiger partial charge in [-0.25, -0.2) is 0 Å². The molecule has 170 valence electrons. The first-order valence-electron chi connectivity index (χ1n) is 10.7. The van der Waals surface area contributed by atoms with Gasteiger partial charge in [-0.2, -0.15) is 5.26 Å². The molecule has 0 aromatic heterocycles. The smallest absolute Gasteiger partial charge is 0.269 e. The highest BCUT2D eigenvalue weighted by Crippen LogP contribution is 2.43. The molecule has 1 saturated heterocycles. The Labute approximate surface area is 202 Å². The lowest BCUT2D eigenvalue weighted by molar-refractivity contribution is -0.117. The fourth-order valence-corrected chi connectivity index (χ4v) is 5.01. The largest absolute Gasteiger partial charge is 0.497 e. The minimum atomic E-state index is -0.548. The number of benzene rings is 3. The van der Waals surface area contributed by atoms with Gasteiger partial charge in [0.1, 0.15) is 22.4 Å². The molecule has 0 saturated carbocycles. The van der Waals surface area contributed by atoms with E-state index in [0.717, 1.165) is 16.9 Å². The predicted octanol–water partition coefficient (Wildman–Crippen LogP) is 5.07. The molecule has 34 heavy (non-hydrogen) atoms. The molecular weight excluding hydrogens is 446 g/mol. The van der Waals surface area contributed by atoms with Gasteiger partial charge in [-0.05, 0) is 54.8 Å². The molecule has 1 aliphatic heterocycles. The van der Waals surface area contributed by atoms with E-state index >= 15 is 0 Å². The van der Waals surface area contributed by atoms with Crippen LogP contribution in [0.2, 0.25) is 0 Å². The van der Waals surface area contributed by atoms with E-state index in [1.165, 1.54) is 16.7 Å². The van der Waals surface area contributed by atoms with Crippen molar-refractivity contribution in [2.75, 3.05) is 17.3 Å². The maximum Gasteiger partial charge on any atom is 0.269 e. The van der Waals surface area contributed by atoms with Crippen LogP contribution in [-0.2, 0) is 16.0 Å². The SMILES string of the molecule is COc1ccc(C[C@@H]2S/C(=C(\C#N)C(=O)Nc3ccccc3)N(c3ccccc3C)C2=O)cc1. The van der Waals surface area contributed by atoms with E-state index in [-0.39, 0.29) is 11.5 Å². The van der Waals surface area contributed by atoms with Crippen molar-refractivity contribution in [3.05, 3.63) is 101 Å². The van der Waals surface area contributed by atoms with E-state index < -0.39 is 11.2 Å². The monoisotopic (exact) mass is 469 g/mol. The van der Waals surface area contributed by atoms with Gasteiger partial charge in [0.15, 0.2) is 0 Å². The molecule has 0 radical (unpaired) electrons. The number of rotatable bonds is 6. The maximum absolute atomic E-state index is 13.6. The molecule has 6 nitrogen and oxygen atoms in total. The summed E-state index contributed by atoms with van der Waals surface area (Å²) in [6, 6.07) is 26.0. The minimum absolute atomic E-state index is 0.0947. The second-order valence-corrected chi connectivity index (χ2v) is 8.92. The number of methoxy groups -OCH3 is 1. The Kier molecular flexibility index (Phi) is 7.00. The van der Waals surface area contributed by atoms with Crippen LogP contribution < -0.4 is 15.0 Å². The molecule has 0 spiro atoms. The second kappa shape index (κ2) is 10.3. The van der Waals surface area contributed by atoms with Crippen LogP contribution in [0.15, 0.2) is 89.5 Å². The van der Waals surface area contributed by atoms with E-state index in [1.807, 2.05) is 67.6 Å². The van der Waals surface area contributed by atoms with Crippen molar-refractivity contribution in [1.29, 1.82) is 5.26 Å². The number of ether oxygens (including phenoxy) is 1. The first-order valence-corrected chi connectivity index (χ1v) is 11.6. The molecule has 0 aliphatic carbocycles. The fourth-order valence-electron chi connectivity index (χ4n) is 3.71. The summed E-state index contributed by atoms with van der Waals surface area (Å²) in [4.78, 5) is 28.2. The third-order valence-corrected chi connectivity index (χ3v) is 6.74. The van der Waals surface area contributed by atoms with Gasteiger partial charge in [0.05, 0.1) is 18.0 Å². The number of thioether (sulfide) groups is 1. The number of carbonyl (C=O) groups is 2. The topological polar surface area (TPSA) is 82.4 Å². The quantitative estimate of drug-likeness (QED) is 0.403. The van der Waals surface area contributed by atoms with Gasteiger partial charge < -0.3 is 10.1 Å². The normalized spacial score (nSPS) is 16.7. The number of nitrogens with zero attached hydrogens (tertiary/aromatic N) is 2. The van der Waals surface area contributed by atoms with Gasteiger partial charge in [0.25, 0.3) is 5.91 Å². The van der Waals surface area contributed by atoms with Crippen molar-refractivity contribution in [2.24, 2.45) is 0 Å². The van der Waals surface area contributed by atoms with E-state index in [2.05, 4.69) is 5.32 Å². The zero-order valence-electron chi connectivity index (χ0n) is 18.8. The number of para-hydroxylation sites is 2. The highest BCUT2D eigenvalue weighted by Gasteiger charge is 2.41. The maximum atomic E-state index is 13.6. The van der Waals surface area contributed by atoms with Crippen LogP contribution in [-0.4, -0.2) is 24.2 Å². The Bertz CT molecular complexity index is 1280. The van der Waals surface area contributed by atoms with Crippen molar-refractivity contribution in [3.8, 4) is 11.8 Å². The number of hydrogen-bond acceptors (Lipinski definition) is 5. The van der Waals surface area contributed by atoms with Gasteiger partial charge in [-0.15, -0.1) is 0 Å². The molecule has 4 rings (SSSR count). The van der Waals surface area contributed by atoms with Crippen molar-refractivity contribution in [2.45, 2.75) is 18.6 Å². The van der Waals surface area contributed by atoms with Crippen LogP contribution in [0, 0.1) is 18.3 Å². The molecule has 1 fully saturated rings. The van der Waals surface area contributed by atoms with Crippen molar-refractivity contribution < 1.29 is 14.3 Å². The number of carbonyl (C=O) groups excluding carboxylic acids is 2. The first-order chi connectivity index (χ1) is 16.5. The van der Waals surface area contributed by atoms with Gasteiger partial charge >= 0.3 is 0 Å². The lowest BCUT2D eigenvalue weighted by Gasteiger charge is -2.20. The Morgan fingerprint density at radius 1 is 1.06 bits per heavy atom. The van der Waals surface area contributed by atoms with Gasteiger partial charge in [-0.1, -0.05) is 60.3 Å². The van der Waals surface area contributed by atoms with Crippen LogP contribution in [0.5, 0.6) is 5.75 Å². The molecule has 3 aromatic rings. The number of aryl methyl sites for hydroxylation is 1. The standard InChI is InChI=1S/C27H23N3O3S/c1-18-8-6-7-11-23(18)30-26(32)24(16-19-12-14-21(33-2)15-13-19)34-27(30)22(17-28)25(31)29-20-9-4-3-5-10-20/h3-15,24H,16H2,1-2H3,(H,29,31)/b27-22+/t24-/m0/s1. The highest BCUT2D eigenvalue weighted by atomic mass is 32.2. The molecule has 0 unspecified atom stereocenters. The van der Waals surface area contributed by atoms with E-state index in [9.17, 15) is 14.9 Å². The highest BCUT2D eigenvalue weighted by molar-refractivity contribution is 8.05. The molecule has 0 bridgehead atoms. The average Bonchev–Trinajstić information content (AvgIpc) is 3.16. The van der Waals surface area contributed by atoms with E-state index in [1.54, 1.807) is 31.4 Å². The summed E-state index contributed by atoms with van der Waals surface area (Å²) >= 11 is 1.25. The Morgan fingerprint density at radius 3 is 2.38 bits per heavy atom. The molecule has 1 heterocycles. The van der Waals surface area contributed by atoms with Crippen LogP contribution in [0.4, 0.5) is 11.4 Å². The van der Waals surface area contributed by atoms with Crippen LogP contribution in [0.1, 0.15) is 11.1 Å². The molecule has 1 aliphatic rings. The van der Waals surface area contributed by atoms with Crippen LogP contribution >= 0.6 is 11.8 Å². The fraction of sp³-hybridized carbons (Fsp3) is 0.148. The number of hydrogen-bond donors (Lipinski definition) is 1. The number of nitrogens with one attached hydrogen (secondary N) is 1. The third kappa shape index (κ3) is 4.82. The van der Waals surface area contributed by atoms with Gasteiger partial charge in [0, 0.05) is 5.69 Å². The second-order valence-electron chi connectivity index (χ2n) is 7.73. The Hall–Kier alpha value is -4.02. The summed E-state index contributed by atoms with van der Waals surface area (Å²) in [5.74, 6) is 0.0266. The van der Waals surface area contributed by atoms with Crippen molar-refractivity contribution >= 4 is 35.0 Å². The lowest BCUT2D eigenvalue weighted by Crippen LogP contribution is -2.31. The molecule has 3 aromatic carbocycles. The van der Waals surface area contributed by atoms with Gasteiger partial charge in [-0.3, -0.25) is 14.5 Å². The summed E-state index contributed by atoms with van der Waals surface area (Å²) in [6.45, 7) is 1.90. The van der Waals surface area contributed by atoms with Crippen molar-refractivity contribution in [3.63, 3.8) is 0 Å². The Balaban J connectivity index is 1.72. The minimum Gasteiger partial charge on any atom is -0.497 e. The average molecular weight is 470 g/mol. The van der Waals surface area contributed by atoms with E-state index in [4.69, 9.17) is 4.74 Å². The van der Waals surface area contributed by atoms with Crippen LogP contribution in [0.3, 0.4) is 0 Å². The lowest BCUT2D eigenvalue weighted by atomic mass is 10.1. The molecule has 2 amide bonds. The zero-order valence-corrected chi connectivity index (χ0v) is 19.6. The van der Waals surface area contributed by atoms with Gasteiger partial charge in [0.2, 0.25) is 5.91 Å². The molecule has 1 N–H and O–H groups in total.